The zero-order valence-corrected chi connectivity index (χ0v) is 13.8. The van der Waals surface area contributed by atoms with Gasteiger partial charge in [-0.1, -0.05) is 37.5 Å². The number of likely N-dealkylation sites (N-methyl/N-ethyl adjacent to an activating group) is 1. The van der Waals surface area contributed by atoms with Crippen molar-refractivity contribution in [3.05, 3.63) is 29.8 Å². The summed E-state index contributed by atoms with van der Waals surface area (Å²) in [5.41, 5.74) is 2.54. The molecule has 0 aromatic heterocycles. The van der Waals surface area contributed by atoms with E-state index in [1.54, 1.807) is 0 Å². The smallest absolute Gasteiger partial charge is 0.226 e. The highest BCUT2D eigenvalue weighted by Crippen LogP contribution is 2.48. The summed E-state index contributed by atoms with van der Waals surface area (Å²) in [5, 5.41) is 9.93. The van der Waals surface area contributed by atoms with Crippen LogP contribution in [0.3, 0.4) is 0 Å². The number of hydrogen-bond acceptors (Lipinski definition) is 3. The summed E-state index contributed by atoms with van der Waals surface area (Å²) >= 11 is 0. The Hall–Kier alpha value is -1.55. The van der Waals surface area contributed by atoms with Gasteiger partial charge in [0.15, 0.2) is 0 Å². The van der Waals surface area contributed by atoms with E-state index in [4.69, 9.17) is 0 Å². The number of benzene rings is 1. The Bertz CT molecular complexity index is 597. The lowest BCUT2D eigenvalue weighted by Crippen LogP contribution is -2.70. The molecule has 0 spiro atoms. The number of nitrogens with zero attached hydrogens (tertiary/aromatic N) is 2. The molecule has 3 atom stereocenters. The molecule has 124 valence electrons. The van der Waals surface area contributed by atoms with Gasteiger partial charge in [-0.2, -0.15) is 0 Å². The molecule has 1 saturated carbocycles. The predicted molar refractivity (Wildman–Crippen MR) is 90.5 cm³/mol. The Balaban J connectivity index is 1.61. The zero-order valence-electron chi connectivity index (χ0n) is 13.8. The van der Waals surface area contributed by atoms with Crippen LogP contribution in [0.2, 0.25) is 0 Å². The number of aliphatic hydroxyl groups excluding tert-OH is 1. The van der Waals surface area contributed by atoms with E-state index in [1.165, 1.54) is 30.5 Å². The topological polar surface area (TPSA) is 43.8 Å². The standard InChI is InChI=1S/C19H26N2O2/c1-20-11-16-18(14-9-5-6-10-15(14)20)17(12-22)21(16)19(23)13-7-3-2-4-8-13/h5-6,9-10,13,16-18,22H,2-4,7-8,11-12H2,1H3/t16-,17-,18+/m0/s1. The summed E-state index contributed by atoms with van der Waals surface area (Å²) in [4.78, 5) is 17.3. The van der Waals surface area contributed by atoms with Gasteiger partial charge in [0.1, 0.15) is 0 Å². The van der Waals surface area contributed by atoms with Crippen LogP contribution in [0.15, 0.2) is 24.3 Å². The van der Waals surface area contributed by atoms with Crippen molar-refractivity contribution in [1.82, 2.24) is 4.90 Å². The normalized spacial score (nSPS) is 30.4. The molecule has 0 bridgehead atoms. The maximum atomic E-state index is 13.0. The summed E-state index contributed by atoms with van der Waals surface area (Å²) in [5.74, 6) is 0.763. The molecule has 1 aromatic carbocycles. The van der Waals surface area contributed by atoms with Gasteiger partial charge in [-0.05, 0) is 24.5 Å². The van der Waals surface area contributed by atoms with Gasteiger partial charge in [0.25, 0.3) is 0 Å². The maximum Gasteiger partial charge on any atom is 0.226 e. The van der Waals surface area contributed by atoms with Gasteiger partial charge >= 0.3 is 0 Å². The first-order valence-corrected chi connectivity index (χ1v) is 8.95. The fraction of sp³-hybridized carbons (Fsp3) is 0.632. The van der Waals surface area contributed by atoms with E-state index in [1.807, 2.05) is 4.90 Å². The Morgan fingerprint density at radius 2 is 1.96 bits per heavy atom. The van der Waals surface area contributed by atoms with Crippen molar-refractivity contribution >= 4 is 11.6 Å². The lowest BCUT2D eigenvalue weighted by Gasteiger charge is -2.59. The Labute approximate surface area is 138 Å². The Kier molecular flexibility index (Phi) is 3.80. The summed E-state index contributed by atoms with van der Waals surface area (Å²) in [6.07, 6.45) is 5.65. The summed E-state index contributed by atoms with van der Waals surface area (Å²) in [7, 11) is 2.10. The second-order valence-electron chi connectivity index (χ2n) is 7.36. The van der Waals surface area contributed by atoms with E-state index in [9.17, 15) is 9.90 Å². The molecule has 1 aliphatic carbocycles. The second-order valence-corrected chi connectivity index (χ2v) is 7.36. The van der Waals surface area contributed by atoms with Crippen molar-refractivity contribution in [1.29, 1.82) is 0 Å². The number of aliphatic hydroxyl groups is 1. The van der Waals surface area contributed by atoms with Crippen molar-refractivity contribution < 1.29 is 9.90 Å². The van der Waals surface area contributed by atoms with Crippen molar-refractivity contribution in [2.24, 2.45) is 5.92 Å². The van der Waals surface area contributed by atoms with Crippen molar-refractivity contribution in [2.75, 3.05) is 25.1 Å². The third kappa shape index (κ3) is 2.26. The molecule has 2 aliphatic heterocycles. The van der Waals surface area contributed by atoms with Crippen LogP contribution >= 0.6 is 0 Å². The van der Waals surface area contributed by atoms with Crippen LogP contribution in [0, 0.1) is 5.92 Å². The molecule has 23 heavy (non-hydrogen) atoms. The zero-order chi connectivity index (χ0) is 16.0. The second kappa shape index (κ2) is 5.82. The molecule has 2 fully saturated rings. The van der Waals surface area contributed by atoms with Crippen LogP contribution in [-0.4, -0.2) is 48.2 Å². The first kappa shape index (κ1) is 15.0. The van der Waals surface area contributed by atoms with Crippen molar-refractivity contribution in [2.45, 2.75) is 50.1 Å². The first-order chi connectivity index (χ1) is 11.2. The van der Waals surface area contributed by atoms with E-state index in [-0.39, 0.29) is 30.5 Å². The summed E-state index contributed by atoms with van der Waals surface area (Å²) in [6.45, 7) is 0.939. The maximum absolute atomic E-state index is 13.0. The molecule has 4 heteroatoms. The Morgan fingerprint density at radius 3 is 2.70 bits per heavy atom. The van der Waals surface area contributed by atoms with Gasteiger partial charge in [-0.15, -0.1) is 0 Å². The summed E-state index contributed by atoms with van der Waals surface area (Å²) in [6, 6.07) is 8.62. The quantitative estimate of drug-likeness (QED) is 0.911. The highest BCUT2D eigenvalue weighted by molar-refractivity contribution is 5.82. The minimum atomic E-state index is -0.0377. The van der Waals surface area contributed by atoms with Gasteiger partial charge in [-0.3, -0.25) is 4.79 Å². The lowest BCUT2D eigenvalue weighted by molar-refractivity contribution is -0.156. The monoisotopic (exact) mass is 314 g/mol. The highest BCUT2D eigenvalue weighted by Gasteiger charge is 2.54. The summed E-state index contributed by atoms with van der Waals surface area (Å²) < 4.78 is 0. The van der Waals surface area contributed by atoms with Crippen LogP contribution in [0.4, 0.5) is 5.69 Å². The van der Waals surface area contributed by atoms with Crippen LogP contribution in [0.1, 0.15) is 43.6 Å². The number of carbonyl (C=O) groups excluding carboxylic acids is 1. The van der Waals surface area contributed by atoms with Crippen LogP contribution < -0.4 is 4.90 Å². The molecule has 1 saturated heterocycles. The molecule has 1 aromatic rings. The minimum Gasteiger partial charge on any atom is -0.394 e. The molecule has 0 radical (unpaired) electrons. The number of amides is 1. The predicted octanol–water partition coefficient (Wildman–Crippen LogP) is 2.37. The van der Waals surface area contributed by atoms with E-state index in [0.29, 0.717) is 5.92 Å². The molecule has 1 N–H and O–H groups in total. The largest absolute Gasteiger partial charge is 0.394 e. The number of carbonyl (C=O) groups is 1. The molecule has 2 heterocycles. The fourth-order valence-corrected chi connectivity index (χ4v) is 4.95. The van der Waals surface area contributed by atoms with Gasteiger partial charge in [0.2, 0.25) is 5.91 Å². The molecular formula is C19H26N2O2. The van der Waals surface area contributed by atoms with E-state index >= 15 is 0 Å². The molecule has 3 aliphatic rings. The number of anilines is 1. The Morgan fingerprint density at radius 1 is 1.22 bits per heavy atom. The van der Waals surface area contributed by atoms with Gasteiger partial charge in [-0.25, -0.2) is 0 Å². The average Bonchev–Trinajstić information content (AvgIpc) is 2.58. The molecule has 4 nitrogen and oxygen atoms in total. The lowest BCUT2D eigenvalue weighted by atomic mass is 9.71. The van der Waals surface area contributed by atoms with E-state index < -0.39 is 0 Å². The SMILES string of the molecule is CN1C[C@H]2[C@@H](c3ccccc31)[C@H](CO)N2C(=O)C1CCCCC1. The first-order valence-electron chi connectivity index (χ1n) is 8.95. The third-order valence-corrected chi connectivity index (χ3v) is 6.11. The van der Waals surface area contributed by atoms with Crippen molar-refractivity contribution in [3.63, 3.8) is 0 Å². The minimum absolute atomic E-state index is 0.0377. The van der Waals surface area contributed by atoms with E-state index in [2.05, 4.69) is 36.2 Å². The highest BCUT2D eigenvalue weighted by atomic mass is 16.3. The molecule has 4 rings (SSSR count). The number of rotatable bonds is 2. The number of likely N-dealkylation sites (tertiary alicyclic amines) is 1. The average molecular weight is 314 g/mol. The number of hydrogen-bond donors (Lipinski definition) is 1. The van der Waals surface area contributed by atoms with Crippen LogP contribution in [0.5, 0.6) is 0 Å². The van der Waals surface area contributed by atoms with Gasteiger partial charge in [0, 0.05) is 31.1 Å². The molecule has 0 unspecified atom stereocenters. The molecule has 1 amide bonds. The fourth-order valence-electron chi connectivity index (χ4n) is 4.95. The van der Waals surface area contributed by atoms with Gasteiger partial charge < -0.3 is 14.9 Å². The van der Waals surface area contributed by atoms with Gasteiger partial charge in [0.05, 0.1) is 18.7 Å². The van der Waals surface area contributed by atoms with Crippen LogP contribution in [0.25, 0.3) is 0 Å². The van der Waals surface area contributed by atoms with Crippen LogP contribution in [-0.2, 0) is 4.79 Å². The molecular weight excluding hydrogens is 288 g/mol. The van der Waals surface area contributed by atoms with Crippen molar-refractivity contribution in [3.8, 4) is 0 Å². The number of para-hydroxylation sites is 1. The van der Waals surface area contributed by atoms with E-state index in [0.717, 1.165) is 19.4 Å². The third-order valence-electron chi connectivity index (χ3n) is 6.11. The number of fused-ring (bicyclic) bond motifs is 3.